The van der Waals surface area contributed by atoms with E-state index < -0.39 is 0 Å². The zero-order valence-corrected chi connectivity index (χ0v) is 10.1. The van der Waals surface area contributed by atoms with Crippen molar-refractivity contribution >= 4 is 11.8 Å². The predicted octanol–water partition coefficient (Wildman–Crippen LogP) is -0.570. The summed E-state index contributed by atoms with van der Waals surface area (Å²) in [6, 6.07) is 1.42. The lowest BCUT2D eigenvalue weighted by Crippen LogP contribution is -2.38. The fourth-order valence-electron chi connectivity index (χ4n) is 1.39. The molecule has 0 radical (unpaired) electrons. The molecule has 4 N–H and O–H groups in total. The van der Waals surface area contributed by atoms with Gasteiger partial charge in [0.05, 0.1) is 12.0 Å². The molecule has 2 atom stereocenters. The Morgan fingerprint density at radius 3 is 2.65 bits per heavy atom. The van der Waals surface area contributed by atoms with Gasteiger partial charge >= 0.3 is 0 Å². The maximum Gasteiger partial charge on any atom is 0.271 e. The van der Waals surface area contributed by atoms with Gasteiger partial charge in [0.25, 0.3) is 5.91 Å². The highest BCUT2D eigenvalue weighted by Gasteiger charge is 2.22. The van der Waals surface area contributed by atoms with E-state index in [1.165, 1.54) is 7.05 Å². The van der Waals surface area contributed by atoms with E-state index >= 15 is 0 Å². The topological polar surface area (TPSA) is 102 Å². The number of carbonyl (C=O) groups is 2. The summed E-state index contributed by atoms with van der Waals surface area (Å²) in [4.78, 5) is 22.7. The molecule has 0 saturated heterocycles. The zero-order chi connectivity index (χ0) is 13.0. The van der Waals surface area contributed by atoms with Gasteiger partial charge in [-0.2, -0.15) is 5.10 Å². The summed E-state index contributed by atoms with van der Waals surface area (Å²) in [6.45, 7) is 3.58. The summed E-state index contributed by atoms with van der Waals surface area (Å²) in [5.41, 5.74) is 2.42. The molecule has 94 valence electrons. The number of carbonyl (C=O) groups excluding carboxylic acids is 2. The van der Waals surface area contributed by atoms with Crippen molar-refractivity contribution in [2.24, 2.45) is 11.8 Å². The number of nitrogens with one attached hydrogen (secondary N) is 2. The van der Waals surface area contributed by atoms with Gasteiger partial charge in [0.2, 0.25) is 5.91 Å². The number of nitrogens with zero attached hydrogens (tertiary/aromatic N) is 2. The van der Waals surface area contributed by atoms with Crippen molar-refractivity contribution in [3.05, 3.63) is 18.0 Å². The Morgan fingerprint density at radius 1 is 1.47 bits per heavy atom. The van der Waals surface area contributed by atoms with E-state index in [0.29, 0.717) is 5.69 Å². The van der Waals surface area contributed by atoms with E-state index in [9.17, 15) is 9.59 Å². The normalized spacial score (nSPS) is 13.9. The number of hydrazine groups is 1. The van der Waals surface area contributed by atoms with Gasteiger partial charge in [-0.05, 0) is 13.0 Å². The minimum atomic E-state index is -0.336. The highest BCUT2D eigenvalue weighted by atomic mass is 16.2. The van der Waals surface area contributed by atoms with Crippen molar-refractivity contribution < 1.29 is 9.59 Å². The van der Waals surface area contributed by atoms with Gasteiger partial charge in [-0.1, -0.05) is 6.92 Å². The fourth-order valence-corrected chi connectivity index (χ4v) is 1.39. The summed E-state index contributed by atoms with van der Waals surface area (Å²) in [7, 11) is 1.54. The maximum absolute atomic E-state index is 11.4. The largest absolute Gasteiger partial charge is 0.354 e. The van der Waals surface area contributed by atoms with Crippen LogP contribution in [0.15, 0.2) is 12.3 Å². The van der Waals surface area contributed by atoms with E-state index in [-0.39, 0.29) is 23.8 Å². The number of nitrogens with two attached hydrogens (primary N) is 1. The lowest BCUT2D eigenvalue weighted by atomic mass is 10.0. The minimum absolute atomic E-state index is 0.183. The van der Waals surface area contributed by atoms with Crippen molar-refractivity contribution in [2.45, 2.75) is 19.9 Å². The fraction of sp³-hybridized carbons (Fsp3) is 0.500. The molecule has 2 amide bonds. The van der Waals surface area contributed by atoms with Crippen LogP contribution in [0.5, 0.6) is 0 Å². The third-order valence-electron chi connectivity index (χ3n) is 2.76. The van der Waals surface area contributed by atoms with Gasteiger partial charge in [0.15, 0.2) is 0 Å². The van der Waals surface area contributed by atoms with Crippen LogP contribution >= 0.6 is 0 Å². The first-order valence-corrected chi connectivity index (χ1v) is 5.29. The number of hydrogen-bond donors (Lipinski definition) is 3. The average molecular weight is 239 g/mol. The molecule has 0 saturated carbocycles. The molecule has 0 spiro atoms. The molecule has 7 nitrogen and oxygen atoms in total. The molecule has 0 aliphatic carbocycles. The molecule has 1 aromatic heterocycles. The van der Waals surface area contributed by atoms with Crippen LogP contribution in [-0.2, 0) is 4.79 Å². The van der Waals surface area contributed by atoms with Crippen molar-refractivity contribution in [2.75, 3.05) is 7.05 Å². The SMILES string of the molecule is CNC(=O)c1ccn(C(C)C(C)C(=O)NN)n1. The first kappa shape index (κ1) is 13.2. The molecule has 0 fully saturated rings. The van der Waals surface area contributed by atoms with Gasteiger partial charge in [-0.25, -0.2) is 5.84 Å². The van der Waals surface area contributed by atoms with Crippen LogP contribution in [0.2, 0.25) is 0 Å². The number of rotatable bonds is 4. The number of hydrogen-bond acceptors (Lipinski definition) is 4. The van der Waals surface area contributed by atoms with Crippen molar-refractivity contribution in [1.82, 2.24) is 20.5 Å². The van der Waals surface area contributed by atoms with E-state index in [0.717, 1.165) is 0 Å². The second-order valence-electron chi connectivity index (χ2n) is 3.80. The molecule has 0 aromatic carbocycles. The van der Waals surface area contributed by atoms with Gasteiger partial charge in [0, 0.05) is 13.2 Å². The van der Waals surface area contributed by atoms with Crippen LogP contribution in [0.4, 0.5) is 0 Å². The summed E-state index contributed by atoms with van der Waals surface area (Å²) < 4.78 is 1.57. The van der Waals surface area contributed by atoms with Crippen molar-refractivity contribution in [1.29, 1.82) is 0 Å². The van der Waals surface area contributed by atoms with Crippen LogP contribution in [0.1, 0.15) is 30.4 Å². The first-order valence-electron chi connectivity index (χ1n) is 5.29. The number of aromatic nitrogens is 2. The Balaban J connectivity index is 2.83. The Labute approximate surface area is 99.3 Å². The molecule has 17 heavy (non-hydrogen) atoms. The second kappa shape index (κ2) is 5.44. The monoisotopic (exact) mass is 239 g/mol. The van der Waals surface area contributed by atoms with E-state index in [1.54, 1.807) is 23.9 Å². The molecule has 1 aromatic rings. The predicted molar refractivity (Wildman–Crippen MR) is 61.8 cm³/mol. The second-order valence-corrected chi connectivity index (χ2v) is 3.80. The highest BCUT2D eigenvalue weighted by molar-refractivity contribution is 5.91. The van der Waals surface area contributed by atoms with Crippen LogP contribution in [0.3, 0.4) is 0 Å². The van der Waals surface area contributed by atoms with Crippen molar-refractivity contribution in [3.8, 4) is 0 Å². The standard InChI is InChI=1S/C10H17N5O2/c1-6(9(16)13-11)7(2)15-5-4-8(14-15)10(17)12-3/h4-7H,11H2,1-3H3,(H,12,17)(H,13,16). The third-order valence-corrected chi connectivity index (χ3v) is 2.76. The first-order chi connectivity index (χ1) is 8.01. The van der Waals surface area contributed by atoms with Crippen LogP contribution in [-0.4, -0.2) is 28.6 Å². The molecular formula is C10H17N5O2. The van der Waals surface area contributed by atoms with Gasteiger partial charge in [-0.15, -0.1) is 0 Å². The average Bonchev–Trinajstić information content (AvgIpc) is 2.84. The van der Waals surface area contributed by atoms with Gasteiger partial charge in [-0.3, -0.25) is 19.7 Å². The van der Waals surface area contributed by atoms with Crippen LogP contribution in [0, 0.1) is 5.92 Å². The van der Waals surface area contributed by atoms with Gasteiger partial charge in [0.1, 0.15) is 5.69 Å². The van der Waals surface area contributed by atoms with Gasteiger partial charge < -0.3 is 5.32 Å². The van der Waals surface area contributed by atoms with E-state index in [1.807, 2.05) is 6.92 Å². The molecule has 0 aliphatic rings. The Hall–Kier alpha value is -1.89. The minimum Gasteiger partial charge on any atom is -0.354 e. The van der Waals surface area contributed by atoms with Crippen molar-refractivity contribution in [3.63, 3.8) is 0 Å². The van der Waals surface area contributed by atoms with Crippen LogP contribution in [0.25, 0.3) is 0 Å². The lowest BCUT2D eigenvalue weighted by Gasteiger charge is -2.18. The number of amides is 2. The Morgan fingerprint density at radius 2 is 2.12 bits per heavy atom. The molecule has 1 rings (SSSR count). The summed E-state index contributed by atoms with van der Waals surface area (Å²) in [6.07, 6.45) is 1.66. The Kier molecular flexibility index (Phi) is 4.22. The lowest BCUT2D eigenvalue weighted by molar-refractivity contribution is -0.125. The highest BCUT2D eigenvalue weighted by Crippen LogP contribution is 2.16. The quantitative estimate of drug-likeness (QED) is 0.372. The summed E-state index contributed by atoms with van der Waals surface area (Å²) in [5, 5.41) is 6.59. The summed E-state index contributed by atoms with van der Waals surface area (Å²) >= 11 is 0. The smallest absolute Gasteiger partial charge is 0.271 e. The van der Waals surface area contributed by atoms with E-state index in [2.05, 4.69) is 15.8 Å². The molecule has 1 heterocycles. The molecule has 7 heteroatoms. The maximum atomic E-state index is 11.4. The Bertz CT molecular complexity index is 415. The van der Waals surface area contributed by atoms with E-state index in [4.69, 9.17) is 5.84 Å². The third kappa shape index (κ3) is 2.82. The molecular weight excluding hydrogens is 222 g/mol. The molecule has 2 unspecified atom stereocenters. The van der Waals surface area contributed by atoms with Crippen LogP contribution < -0.4 is 16.6 Å². The zero-order valence-electron chi connectivity index (χ0n) is 10.1. The molecule has 0 bridgehead atoms. The molecule has 0 aliphatic heterocycles. The summed E-state index contributed by atoms with van der Waals surface area (Å²) in [5.74, 6) is 4.21.